The molecule has 2 saturated heterocycles. The van der Waals surface area contributed by atoms with E-state index in [9.17, 15) is 14.4 Å². The van der Waals surface area contributed by atoms with Crippen LogP contribution in [0.5, 0.6) is 0 Å². The summed E-state index contributed by atoms with van der Waals surface area (Å²) in [4.78, 5) is 65.3. The van der Waals surface area contributed by atoms with Gasteiger partial charge in [-0.15, -0.1) is 0 Å². The number of likely N-dealkylation sites (tertiary alicyclic amines) is 1. The first-order chi connectivity index (χ1) is 25.7. The molecule has 2 fully saturated rings. The van der Waals surface area contributed by atoms with Crippen molar-refractivity contribution in [2.24, 2.45) is 11.8 Å². The molecule has 282 valence electrons. The number of hydrogen-bond acceptors (Lipinski definition) is 4. The quantitative estimate of drug-likeness (QED) is 0.210. The number of carbonyl (C=O) groups is 4. The molecule has 4 heterocycles. The predicted octanol–water partition coefficient (Wildman–Crippen LogP) is 6.45. The van der Waals surface area contributed by atoms with Crippen molar-refractivity contribution in [3.05, 3.63) is 82.6 Å². The molecule has 1 aromatic heterocycles. The lowest BCUT2D eigenvalue weighted by molar-refractivity contribution is -0.167. The van der Waals surface area contributed by atoms with Crippen molar-refractivity contribution in [3.8, 4) is 0 Å². The molecule has 0 unspecified atom stereocenters. The van der Waals surface area contributed by atoms with Crippen LogP contribution in [0.25, 0.3) is 10.9 Å². The summed E-state index contributed by atoms with van der Waals surface area (Å²) in [6.45, 7) is 2.54. The number of aryl methyl sites for hydroxylation is 2. The SMILES string of the molecule is CN(C)C(=O)CCc1ccc2c3c([nH]c2c1)[C@]1(CCc2ccccc2)[C@@H](C(=O)N2CCCCC2)C[C@H](CC(=O)NCCC2=CCCCC2)C(=O)N1CC3. The summed E-state index contributed by atoms with van der Waals surface area (Å²) in [5.41, 5.74) is 5.92. The fourth-order valence-corrected chi connectivity index (χ4v) is 9.60. The minimum Gasteiger partial charge on any atom is -0.356 e. The van der Waals surface area contributed by atoms with E-state index in [1.165, 1.54) is 29.5 Å². The van der Waals surface area contributed by atoms with E-state index < -0.39 is 17.4 Å². The first-order valence-corrected chi connectivity index (χ1v) is 20.2. The lowest BCUT2D eigenvalue weighted by Crippen LogP contribution is -2.66. The Kier molecular flexibility index (Phi) is 11.4. The van der Waals surface area contributed by atoms with Crippen LogP contribution in [0.1, 0.15) is 99.4 Å². The highest BCUT2D eigenvalue weighted by Crippen LogP contribution is 2.53. The summed E-state index contributed by atoms with van der Waals surface area (Å²) in [7, 11) is 3.57. The lowest BCUT2D eigenvalue weighted by Gasteiger charge is -2.56. The topological polar surface area (TPSA) is 106 Å². The Bertz CT molecular complexity index is 1840. The molecule has 9 nitrogen and oxygen atoms in total. The van der Waals surface area contributed by atoms with Gasteiger partial charge in [-0.2, -0.15) is 0 Å². The summed E-state index contributed by atoms with van der Waals surface area (Å²) in [5.74, 6) is -0.964. The fraction of sp³-hybridized carbons (Fsp3) is 0.545. The van der Waals surface area contributed by atoms with Gasteiger partial charge in [0.2, 0.25) is 23.6 Å². The highest BCUT2D eigenvalue weighted by Gasteiger charge is 2.59. The molecule has 0 spiro atoms. The van der Waals surface area contributed by atoms with E-state index in [1.54, 1.807) is 19.0 Å². The number of rotatable bonds is 12. The number of fused-ring (bicyclic) bond motifs is 5. The maximum absolute atomic E-state index is 15.0. The standard InChI is InChI=1S/C44H57N5O4/c1-47(2)40(51)19-17-33-16-18-35-36-22-27-49-42(52)34(30-39(50)45-24-21-32-14-8-4-9-15-32)29-37(43(53)48-25-10-5-11-26-48)44(49,41(36)46-38(35)28-33)23-20-31-12-6-3-7-13-31/h3,6-7,12-14,16,18,28,34,37,46H,4-5,8-11,15,17,19-27,29-30H2,1-2H3,(H,45,50)/t34-,37-,44+/m1/s1. The monoisotopic (exact) mass is 719 g/mol. The summed E-state index contributed by atoms with van der Waals surface area (Å²) in [6, 6.07) is 16.8. The van der Waals surface area contributed by atoms with Crippen LogP contribution >= 0.6 is 0 Å². The minimum absolute atomic E-state index is 0.0157. The second kappa shape index (κ2) is 16.3. The molecular formula is C44H57N5O4. The Morgan fingerprint density at radius 2 is 1.72 bits per heavy atom. The van der Waals surface area contributed by atoms with Gasteiger partial charge in [0.1, 0.15) is 0 Å². The summed E-state index contributed by atoms with van der Waals surface area (Å²) >= 11 is 0. The molecule has 0 radical (unpaired) electrons. The molecule has 0 bridgehead atoms. The van der Waals surface area contributed by atoms with Gasteiger partial charge in [0.05, 0.1) is 11.5 Å². The largest absolute Gasteiger partial charge is 0.356 e. The number of H-pyrrole nitrogens is 1. The molecule has 3 aliphatic heterocycles. The molecule has 4 amide bonds. The van der Waals surface area contributed by atoms with Gasteiger partial charge in [0.15, 0.2) is 0 Å². The van der Waals surface area contributed by atoms with Crippen LogP contribution in [-0.4, -0.2) is 83.6 Å². The van der Waals surface area contributed by atoms with Crippen LogP contribution in [0.3, 0.4) is 0 Å². The summed E-state index contributed by atoms with van der Waals surface area (Å²) in [5, 5.41) is 4.24. The summed E-state index contributed by atoms with van der Waals surface area (Å²) < 4.78 is 0. The summed E-state index contributed by atoms with van der Waals surface area (Å²) in [6.07, 6.45) is 14.4. The van der Waals surface area contributed by atoms with Crippen molar-refractivity contribution in [3.63, 3.8) is 0 Å². The zero-order valence-electron chi connectivity index (χ0n) is 31.8. The van der Waals surface area contributed by atoms with Gasteiger partial charge >= 0.3 is 0 Å². The van der Waals surface area contributed by atoms with Gasteiger partial charge < -0.3 is 25.0 Å². The molecule has 2 aromatic carbocycles. The number of amides is 4. The molecule has 9 heteroatoms. The average molecular weight is 720 g/mol. The third-order valence-corrected chi connectivity index (χ3v) is 12.5. The molecule has 3 aromatic rings. The second-order valence-corrected chi connectivity index (χ2v) is 16.1. The van der Waals surface area contributed by atoms with E-state index in [4.69, 9.17) is 0 Å². The van der Waals surface area contributed by atoms with E-state index in [0.29, 0.717) is 51.6 Å². The highest BCUT2D eigenvalue weighted by molar-refractivity contribution is 5.93. The van der Waals surface area contributed by atoms with E-state index in [1.807, 2.05) is 28.0 Å². The maximum Gasteiger partial charge on any atom is 0.228 e. The van der Waals surface area contributed by atoms with Gasteiger partial charge in [0.25, 0.3) is 0 Å². The number of piperidine rings is 2. The van der Waals surface area contributed by atoms with Crippen molar-refractivity contribution in [1.29, 1.82) is 0 Å². The fourth-order valence-electron chi connectivity index (χ4n) is 9.60. The van der Waals surface area contributed by atoms with Crippen molar-refractivity contribution in [1.82, 2.24) is 25.0 Å². The molecule has 7 rings (SSSR count). The Labute approximate surface area is 314 Å². The average Bonchev–Trinajstić information content (AvgIpc) is 3.57. The Morgan fingerprint density at radius 1 is 0.906 bits per heavy atom. The zero-order chi connectivity index (χ0) is 37.0. The van der Waals surface area contributed by atoms with Crippen molar-refractivity contribution >= 4 is 34.5 Å². The van der Waals surface area contributed by atoms with E-state index >= 15 is 4.79 Å². The highest BCUT2D eigenvalue weighted by atomic mass is 16.2. The Balaban J connectivity index is 1.24. The molecular weight excluding hydrogens is 663 g/mol. The number of nitrogens with one attached hydrogen (secondary N) is 2. The van der Waals surface area contributed by atoms with Crippen molar-refractivity contribution in [2.75, 3.05) is 40.3 Å². The number of benzene rings is 2. The normalized spacial score (nSPS) is 22.9. The van der Waals surface area contributed by atoms with Gasteiger partial charge in [-0.25, -0.2) is 0 Å². The molecule has 1 aliphatic carbocycles. The number of carbonyl (C=O) groups excluding carboxylic acids is 4. The third kappa shape index (κ3) is 7.81. The number of allylic oxidation sites excluding steroid dienone is 1. The van der Waals surface area contributed by atoms with Gasteiger partial charge in [-0.3, -0.25) is 19.2 Å². The first-order valence-electron chi connectivity index (χ1n) is 20.2. The number of nitrogens with zero attached hydrogens (tertiary/aromatic N) is 3. The molecule has 0 saturated carbocycles. The van der Waals surface area contributed by atoms with Crippen molar-refractivity contribution < 1.29 is 19.2 Å². The smallest absolute Gasteiger partial charge is 0.228 e. The van der Waals surface area contributed by atoms with E-state index in [-0.39, 0.29) is 30.0 Å². The number of aromatic amines is 1. The van der Waals surface area contributed by atoms with Crippen LogP contribution < -0.4 is 5.32 Å². The second-order valence-electron chi connectivity index (χ2n) is 16.1. The van der Waals surface area contributed by atoms with Crippen molar-refractivity contribution in [2.45, 2.75) is 102 Å². The number of hydrogen-bond donors (Lipinski definition) is 2. The van der Waals surface area contributed by atoms with Gasteiger partial charge in [0, 0.05) is 75.6 Å². The first kappa shape index (κ1) is 36.9. The minimum atomic E-state index is -0.879. The van der Waals surface area contributed by atoms with E-state index in [0.717, 1.165) is 73.8 Å². The number of aromatic nitrogens is 1. The maximum atomic E-state index is 15.0. The third-order valence-electron chi connectivity index (χ3n) is 12.5. The Hall–Kier alpha value is -4.40. The predicted molar refractivity (Wildman–Crippen MR) is 208 cm³/mol. The molecule has 2 N–H and O–H groups in total. The van der Waals surface area contributed by atoms with Crippen LogP contribution in [0.2, 0.25) is 0 Å². The van der Waals surface area contributed by atoms with Crippen LogP contribution in [-0.2, 0) is 44.0 Å². The van der Waals surface area contributed by atoms with Crippen LogP contribution in [0.4, 0.5) is 0 Å². The van der Waals surface area contributed by atoms with Gasteiger partial charge in [-0.05, 0) is 106 Å². The van der Waals surface area contributed by atoms with E-state index in [2.05, 4.69) is 46.7 Å². The lowest BCUT2D eigenvalue weighted by atomic mass is 9.64. The molecule has 4 aliphatic rings. The zero-order valence-corrected chi connectivity index (χ0v) is 31.8. The van der Waals surface area contributed by atoms with Crippen LogP contribution in [0, 0.1) is 11.8 Å². The molecule has 53 heavy (non-hydrogen) atoms. The van der Waals surface area contributed by atoms with Gasteiger partial charge in [-0.1, -0.05) is 54.1 Å². The van der Waals surface area contributed by atoms with Crippen LogP contribution in [0.15, 0.2) is 60.2 Å². The molecule has 3 atom stereocenters. The Morgan fingerprint density at radius 3 is 2.47 bits per heavy atom.